The molecule has 1 amide bonds. The molecule has 0 atom stereocenters. The predicted octanol–water partition coefficient (Wildman–Crippen LogP) is 3.61. The highest BCUT2D eigenvalue weighted by Gasteiger charge is 2.12. The first-order valence-corrected chi connectivity index (χ1v) is 7.50. The van der Waals surface area contributed by atoms with Crippen molar-refractivity contribution in [1.82, 2.24) is 0 Å². The smallest absolute Gasteiger partial charge is 0.266 e. The van der Waals surface area contributed by atoms with Gasteiger partial charge >= 0.3 is 0 Å². The van der Waals surface area contributed by atoms with E-state index in [9.17, 15) is 15.2 Å². The zero-order valence-corrected chi connectivity index (χ0v) is 14.3. The Labute approximate surface area is 149 Å². The number of amides is 1. The maximum absolute atomic E-state index is 12.3. The van der Waals surface area contributed by atoms with Gasteiger partial charge in [-0.25, -0.2) is 0 Å². The van der Waals surface area contributed by atoms with Crippen LogP contribution in [0.5, 0.6) is 17.2 Å². The average Bonchev–Trinajstić information content (AvgIpc) is 2.62. The number of nitrogens with zero attached hydrogens (tertiary/aromatic N) is 1. The lowest BCUT2D eigenvalue weighted by atomic mass is 10.1. The predicted molar refractivity (Wildman–Crippen MR) is 94.9 cm³/mol. The quantitative estimate of drug-likeness (QED) is 0.629. The zero-order valence-electron chi connectivity index (χ0n) is 13.5. The van der Waals surface area contributed by atoms with E-state index in [1.54, 1.807) is 24.3 Å². The number of carbonyl (C=O) groups excluding carboxylic acids is 1. The summed E-state index contributed by atoms with van der Waals surface area (Å²) in [6.45, 7) is 0. The van der Waals surface area contributed by atoms with Gasteiger partial charge in [-0.05, 0) is 35.9 Å². The minimum absolute atomic E-state index is 0.0768. The highest BCUT2D eigenvalue weighted by Crippen LogP contribution is 2.30. The van der Waals surface area contributed by atoms with E-state index < -0.39 is 5.91 Å². The fraction of sp³-hybridized carbons (Fsp3) is 0.111. The Morgan fingerprint density at radius 1 is 1.20 bits per heavy atom. The Hall–Kier alpha value is -3.17. The molecule has 0 aromatic heterocycles. The van der Waals surface area contributed by atoms with Crippen LogP contribution < -0.4 is 14.8 Å². The molecule has 0 aliphatic rings. The minimum Gasteiger partial charge on any atom is -0.506 e. The van der Waals surface area contributed by atoms with E-state index in [1.165, 1.54) is 32.4 Å². The summed E-state index contributed by atoms with van der Waals surface area (Å²) < 4.78 is 10.3. The van der Waals surface area contributed by atoms with Gasteiger partial charge in [-0.3, -0.25) is 4.79 Å². The van der Waals surface area contributed by atoms with E-state index in [0.29, 0.717) is 22.7 Å². The number of halogens is 1. The molecule has 6 nitrogen and oxygen atoms in total. The van der Waals surface area contributed by atoms with E-state index in [-0.39, 0.29) is 16.3 Å². The normalized spacial score (nSPS) is 10.7. The summed E-state index contributed by atoms with van der Waals surface area (Å²) in [6, 6.07) is 11.1. The summed E-state index contributed by atoms with van der Waals surface area (Å²) in [7, 11) is 2.99. The Balaban J connectivity index is 2.24. The average molecular weight is 359 g/mol. The SMILES string of the molecule is COc1ccc(NC(=O)C(C#N)=Cc2ccc(O)c(Cl)c2)cc1OC. The maximum Gasteiger partial charge on any atom is 0.266 e. The number of benzene rings is 2. The molecule has 0 saturated carbocycles. The van der Waals surface area contributed by atoms with E-state index in [4.69, 9.17) is 21.1 Å². The van der Waals surface area contributed by atoms with Gasteiger partial charge in [-0.2, -0.15) is 5.26 Å². The third-order valence-corrected chi connectivity index (χ3v) is 3.59. The van der Waals surface area contributed by atoms with Crippen molar-refractivity contribution in [3.63, 3.8) is 0 Å². The van der Waals surface area contributed by atoms with Crippen LogP contribution in [0.2, 0.25) is 5.02 Å². The van der Waals surface area contributed by atoms with E-state index in [1.807, 2.05) is 6.07 Å². The van der Waals surface area contributed by atoms with Crippen LogP contribution >= 0.6 is 11.6 Å². The number of phenolic OH excluding ortho intramolecular Hbond substituents is 1. The molecule has 0 bridgehead atoms. The van der Waals surface area contributed by atoms with E-state index in [0.717, 1.165) is 0 Å². The van der Waals surface area contributed by atoms with Crippen LogP contribution in [-0.2, 0) is 4.79 Å². The number of rotatable bonds is 5. The first kappa shape index (κ1) is 18.2. The van der Waals surface area contributed by atoms with Gasteiger partial charge in [0.15, 0.2) is 11.5 Å². The summed E-state index contributed by atoms with van der Waals surface area (Å²) in [5, 5.41) is 21.4. The third-order valence-electron chi connectivity index (χ3n) is 3.29. The summed E-state index contributed by atoms with van der Waals surface area (Å²) in [6.07, 6.45) is 1.38. The second-order valence-electron chi connectivity index (χ2n) is 4.90. The van der Waals surface area contributed by atoms with Crippen molar-refractivity contribution in [2.45, 2.75) is 0 Å². The highest BCUT2D eigenvalue weighted by atomic mass is 35.5. The van der Waals surface area contributed by atoms with E-state index >= 15 is 0 Å². The van der Waals surface area contributed by atoms with Gasteiger partial charge in [-0.1, -0.05) is 17.7 Å². The molecule has 2 aromatic carbocycles. The van der Waals surface area contributed by atoms with Crippen molar-refractivity contribution in [2.24, 2.45) is 0 Å². The number of hydrogen-bond donors (Lipinski definition) is 2. The molecule has 0 aliphatic heterocycles. The number of methoxy groups -OCH3 is 2. The first-order chi connectivity index (χ1) is 12.0. The summed E-state index contributed by atoms with van der Waals surface area (Å²) in [5.74, 6) is 0.314. The Bertz CT molecular complexity index is 872. The van der Waals surface area contributed by atoms with Gasteiger partial charge < -0.3 is 19.9 Å². The zero-order chi connectivity index (χ0) is 18.4. The molecule has 0 spiro atoms. The summed E-state index contributed by atoms with van der Waals surface area (Å²) >= 11 is 5.82. The molecule has 128 valence electrons. The molecule has 0 heterocycles. The number of phenols is 1. The molecule has 25 heavy (non-hydrogen) atoms. The second kappa shape index (κ2) is 8.08. The van der Waals surface area contributed by atoms with Crippen molar-refractivity contribution < 1.29 is 19.4 Å². The Kier molecular flexibility index (Phi) is 5.88. The largest absolute Gasteiger partial charge is 0.506 e. The number of ether oxygens (including phenoxy) is 2. The minimum atomic E-state index is -0.584. The Morgan fingerprint density at radius 2 is 1.92 bits per heavy atom. The van der Waals surface area contributed by atoms with Gasteiger partial charge in [0.05, 0.1) is 19.2 Å². The number of nitriles is 1. The molecular formula is C18H15ClN2O4. The van der Waals surface area contributed by atoms with Crippen molar-refractivity contribution in [1.29, 1.82) is 5.26 Å². The van der Waals surface area contributed by atoms with Crippen LogP contribution in [0.3, 0.4) is 0 Å². The van der Waals surface area contributed by atoms with Gasteiger partial charge in [-0.15, -0.1) is 0 Å². The van der Waals surface area contributed by atoms with Crippen LogP contribution in [-0.4, -0.2) is 25.2 Å². The molecule has 2 rings (SSSR count). The molecule has 0 radical (unpaired) electrons. The lowest BCUT2D eigenvalue weighted by Crippen LogP contribution is -2.13. The molecule has 2 aromatic rings. The van der Waals surface area contributed by atoms with Crippen molar-refractivity contribution in [2.75, 3.05) is 19.5 Å². The lowest BCUT2D eigenvalue weighted by molar-refractivity contribution is -0.112. The molecule has 2 N–H and O–H groups in total. The van der Waals surface area contributed by atoms with Crippen molar-refractivity contribution in [3.8, 4) is 23.3 Å². The number of anilines is 1. The number of aromatic hydroxyl groups is 1. The molecular weight excluding hydrogens is 344 g/mol. The number of hydrogen-bond acceptors (Lipinski definition) is 5. The van der Waals surface area contributed by atoms with Crippen LogP contribution in [0.25, 0.3) is 6.08 Å². The third kappa shape index (κ3) is 4.43. The van der Waals surface area contributed by atoms with Gasteiger partial charge in [0.25, 0.3) is 5.91 Å². The molecule has 0 unspecified atom stereocenters. The number of carbonyl (C=O) groups is 1. The van der Waals surface area contributed by atoms with E-state index in [2.05, 4.69) is 5.32 Å². The van der Waals surface area contributed by atoms with Gasteiger partial charge in [0.1, 0.15) is 17.4 Å². The van der Waals surface area contributed by atoms with Crippen LogP contribution in [0.15, 0.2) is 42.0 Å². The summed E-state index contributed by atoms with van der Waals surface area (Å²) in [4.78, 5) is 12.3. The van der Waals surface area contributed by atoms with Crippen molar-refractivity contribution in [3.05, 3.63) is 52.6 Å². The molecule has 0 fully saturated rings. The number of nitrogens with one attached hydrogen (secondary N) is 1. The molecule has 0 aliphatic carbocycles. The Morgan fingerprint density at radius 3 is 2.52 bits per heavy atom. The first-order valence-electron chi connectivity index (χ1n) is 7.12. The van der Waals surface area contributed by atoms with Crippen LogP contribution in [0.1, 0.15) is 5.56 Å². The van der Waals surface area contributed by atoms with Gasteiger partial charge in [0.2, 0.25) is 0 Å². The standard InChI is InChI=1S/C18H15ClN2O4/c1-24-16-6-4-13(9-17(16)25-2)21-18(23)12(10-20)7-11-3-5-15(22)14(19)8-11/h3-9,22H,1-2H3,(H,21,23). The fourth-order valence-corrected chi connectivity index (χ4v) is 2.23. The monoisotopic (exact) mass is 358 g/mol. The fourth-order valence-electron chi connectivity index (χ4n) is 2.04. The van der Waals surface area contributed by atoms with Gasteiger partial charge in [0, 0.05) is 11.8 Å². The van der Waals surface area contributed by atoms with Crippen LogP contribution in [0.4, 0.5) is 5.69 Å². The topological polar surface area (TPSA) is 91.6 Å². The summed E-state index contributed by atoms with van der Waals surface area (Å²) in [5.41, 5.74) is 0.853. The molecule has 7 heteroatoms. The lowest BCUT2D eigenvalue weighted by Gasteiger charge is -2.10. The highest BCUT2D eigenvalue weighted by molar-refractivity contribution is 6.32. The molecule has 0 saturated heterocycles. The maximum atomic E-state index is 12.3. The van der Waals surface area contributed by atoms with Crippen LogP contribution in [0, 0.1) is 11.3 Å². The van der Waals surface area contributed by atoms with Crippen molar-refractivity contribution >= 4 is 29.3 Å². The second-order valence-corrected chi connectivity index (χ2v) is 5.31.